The fraction of sp³-hybridized carbons (Fsp3) is 0.688. The van der Waals surface area contributed by atoms with Gasteiger partial charge in [-0.1, -0.05) is 6.07 Å². The molecule has 1 heterocycles. The molecule has 116 valence electrons. The van der Waals surface area contributed by atoms with Crippen molar-refractivity contribution in [1.29, 1.82) is 0 Å². The van der Waals surface area contributed by atoms with Gasteiger partial charge < -0.3 is 5.11 Å². The zero-order valence-corrected chi connectivity index (χ0v) is 11.9. The molecule has 1 saturated carbocycles. The summed E-state index contributed by atoms with van der Waals surface area (Å²) in [6.45, 7) is 0. The molecule has 2 aliphatic rings. The van der Waals surface area contributed by atoms with Crippen LogP contribution in [0.5, 0.6) is 0 Å². The van der Waals surface area contributed by atoms with Crippen LogP contribution in [0.25, 0.3) is 0 Å². The molecule has 3 rings (SSSR count). The predicted molar refractivity (Wildman–Crippen MR) is 72.9 cm³/mol. The minimum atomic E-state index is -4.21. The van der Waals surface area contributed by atoms with Gasteiger partial charge in [0.15, 0.2) is 0 Å². The van der Waals surface area contributed by atoms with Crippen molar-refractivity contribution in [3.05, 3.63) is 29.6 Å². The van der Waals surface area contributed by atoms with Crippen LogP contribution in [-0.2, 0) is 6.42 Å². The molecule has 0 aliphatic heterocycles. The number of alkyl halides is 3. The summed E-state index contributed by atoms with van der Waals surface area (Å²) in [5, 5.41) is 10.9. The Morgan fingerprint density at radius 1 is 1.24 bits per heavy atom. The molecule has 2 nitrogen and oxygen atoms in total. The maximum absolute atomic E-state index is 13.0. The lowest BCUT2D eigenvalue weighted by Gasteiger charge is -2.44. The van der Waals surface area contributed by atoms with E-state index in [0.717, 1.165) is 30.5 Å². The predicted octanol–water partition coefficient (Wildman–Crippen LogP) is 3.99. The molecule has 0 spiro atoms. The number of hydrogen-bond acceptors (Lipinski definition) is 2. The van der Waals surface area contributed by atoms with E-state index in [2.05, 4.69) is 4.98 Å². The topological polar surface area (TPSA) is 33.1 Å². The van der Waals surface area contributed by atoms with Gasteiger partial charge in [0.05, 0.1) is 11.5 Å². The second-order valence-electron chi connectivity index (χ2n) is 6.43. The molecule has 3 unspecified atom stereocenters. The second kappa shape index (κ2) is 5.27. The highest BCUT2D eigenvalue weighted by Crippen LogP contribution is 2.49. The number of rotatable bonds is 1. The third kappa shape index (κ3) is 2.80. The molecule has 3 atom stereocenters. The number of fused-ring (bicyclic) bond motifs is 1. The number of aromatic nitrogens is 1. The molecule has 2 aliphatic carbocycles. The number of aliphatic hydroxyl groups is 1. The Morgan fingerprint density at radius 2 is 2.05 bits per heavy atom. The molecule has 1 fully saturated rings. The van der Waals surface area contributed by atoms with Crippen molar-refractivity contribution < 1.29 is 18.3 Å². The molecule has 21 heavy (non-hydrogen) atoms. The first-order valence-electron chi connectivity index (χ1n) is 7.63. The summed E-state index contributed by atoms with van der Waals surface area (Å²) >= 11 is 0. The van der Waals surface area contributed by atoms with Crippen LogP contribution in [0.15, 0.2) is 18.3 Å². The molecular weight excluding hydrogens is 279 g/mol. The van der Waals surface area contributed by atoms with Crippen LogP contribution < -0.4 is 0 Å². The van der Waals surface area contributed by atoms with E-state index < -0.39 is 17.7 Å². The van der Waals surface area contributed by atoms with Crippen LogP contribution in [-0.4, -0.2) is 21.9 Å². The normalized spacial score (nSPS) is 33.5. The van der Waals surface area contributed by atoms with Gasteiger partial charge in [0.1, 0.15) is 0 Å². The van der Waals surface area contributed by atoms with Gasteiger partial charge in [0.25, 0.3) is 0 Å². The number of halogens is 3. The van der Waals surface area contributed by atoms with Crippen molar-refractivity contribution >= 4 is 0 Å². The van der Waals surface area contributed by atoms with E-state index >= 15 is 0 Å². The van der Waals surface area contributed by atoms with Gasteiger partial charge in [-0.3, -0.25) is 4.98 Å². The molecule has 0 saturated heterocycles. The first-order chi connectivity index (χ1) is 9.90. The van der Waals surface area contributed by atoms with Crippen LogP contribution in [0.1, 0.15) is 55.7 Å². The highest BCUT2D eigenvalue weighted by molar-refractivity contribution is 5.29. The third-order valence-corrected chi connectivity index (χ3v) is 5.07. The van der Waals surface area contributed by atoms with E-state index in [1.807, 2.05) is 12.1 Å². The van der Waals surface area contributed by atoms with Crippen molar-refractivity contribution in [3.63, 3.8) is 0 Å². The van der Waals surface area contributed by atoms with E-state index in [1.165, 1.54) is 0 Å². The van der Waals surface area contributed by atoms with Gasteiger partial charge in [-0.05, 0) is 56.6 Å². The van der Waals surface area contributed by atoms with E-state index in [-0.39, 0.29) is 18.8 Å². The van der Waals surface area contributed by atoms with Crippen LogP contribution >= 0.6 is 0 Å². The van der Waals surface area contributed by atoms with Gasteiger partial charge in [-0.15, -0.1) is 0 Å². The Balaban J connectivity index is 1.89. The Labute approximate surface area is 122 Å². The summed E-state index contributed by atoms with van der Waals surface area (Å²) in [5.41, 5.74) is 0.632. The Kier molecular flexibility index (Phi) is 3.72. The fourth-order valence-corrected chi connectivity index (χ4v) is 4.01. The molecule has 5 heteroatoms. The number of aryl methyl sites for hydroxylation is 1. The Bertz CT molecular complexity index is 516. The Hall–Kier alpha value is -1.10. The lowest BCUT2D eigenvalue weighted by atomic mass is 9.66. The van der Waals surface area contributed by atoms with E-state index in [1.54, 1.807) is 6.20 Å². The monoisotopic (exact) mass is 299 g/mol. The number of pyridine rings is 1. The van der Waals surface area contributed by atoms with Gasteiger partial charge in [-0.2, -0.15) is 13.2 Å². The van der Waals surface area contributed by atoms with Crippen LogP contribution in [0.3, 0.4) is 0 Å². The molecule has 0 amide bonds. The summed E-state index contributed by atoms with van der Waals surface area (Å²) < 4.78 is 39.1. The summed E-state index contributed by atoms with van der Waals surface area (Å²) in [6.07, 6.45) is 0.816. The molecule has 1 aromatic heterocycles. The van der Waals surface area contributed by atoms with Crippen LogP contribution in [0.2, 0.25) is 0 Å². The number of hydrogen-bond donors (Lipinski definition) is 1. The van der Waals surface area contributed by atoms with Crippen molar-refractivity contribution in [2.45, 2.75) is 62.6 Å². The SMILES string of the molecule is OC1(C2CCCc3cccnc32)CCCC(C(F)(F)F)C1. The molecule has 0 radical (unpaired) electrons. The minimum absolute atomic E-state index is 0.133. The van der Waals surface area contributed by atoms with Crippen molar-refractivity contribution in [2.75, 3.05) is 0 Å². The second-order valence-corrected chi connectivity index (χ2v) is 6.43. The van der Waals surface area contributed by atoms with Gasteiger partial charge in [0, 0.05) is 17.8 Å². The molecule has 0 bridgehead atoms. The molecular formula is C16H20F3NO. The maximum Gasteiger partial charge on any atom is 0.391 e. The molecule has 1 aromatic rings. The zero-order valence-electron chi connectivity index (χ0n) is 11.9. The van der Waals surface area contributed by atoms with Crippen molar-refractivity contribution in [1.82, 2.24) is 4.98 Å². The lowest BCUT2D eigenvalue weighted by molar-refractivity contribution is -0.203. The third-order valence-electron chi connectivity index (χ3n) is 5.07. The molecule has 0 aromatic carbocycles. The van der Waals surface area contributed by atoms with E-state index in [9.17, 15) is 18.3 Å². The molecule has 1 N–H and O–H groups in total. The van der Waals surface area contributed by atoms with Gasteiger partial charge in [-0.25, -0.2) is 0 Å². The first kappa shape index (κ1) is 14.8. The maximum atomic E-state index is 13.0. The highest BCUT2D eigenvalue weighted by atomic mass is 19.4. The number of nitrogens with zero attached hydrogens (tertiary/aromatic N) is 1. The lowest BCUT2D eigenvalue weighted by Crippen LogP contribution is -2.45. The quantitative estimate of drug-likeness (QED) is 0.850. The summed E-state index contributed by atoms with van der Waals surface area (Å²) in [7, 11) is 0. The summed E-state index contributed by atoms with van der Waals surface area (Å²) in [6, 6.07) is 3.83. The van der Waals surface area contributed by atoms with E-state index in [0.29, 0.717) is 12.8 Å². The largest absolute Gasteiger partial charge is 0.391 e. The highest BCUT2D eigenvalue weighted by Gasteiger charge is 2.50. The smallest absolute Gasteiger partial charge is 0.389 e. The minimum Gasteiger partial charge on any atom is -0.389 e. The van der Waals surface area contributed by atoms with Crippen molar-refractivity contribution in [2.24, 2.45) is 5.92 Å². The van der Waals surface area contributed by atoms with Crippen LogP contribution in [0, 0.1) is 5.92 Å². The van der Waals surface area contributed by atoms with Gasteiger partial charge >= 0.3 is 6.18 Å². The average Bonchev–Trinajstić information content (AvgIpc) is 2.46. The first-order valence-corrected chi connectivity index (χ1v) is 7.63. The summed E-state index contributed by atoms with van der Waals surface area (Å²) in [4.78, 5) is 4.37. The van der Waals surface area contributed by atoms with Gasteiger partial charge in [0.2, 0.25) is 0 Å². The average molecular weight is 299 g/mol. The fourth-order valence-electron chi connectivity index (χ4n) is 4.01. The Morgan fingerprint density at radius 3 is 2.81 bits per heavy atom. The standard InChI is InChI=1S/C16H20F3NO/c17-16(18,19)12-6-2-8-15(21,10-12)13-7-1-4-11-5-3-9-20-14(11)13/h3,5,9,12-13,21H,1-2,4,6-8,10H2. The van der Waals surface area contributed by atoms with Crippen molar-refractivity contribution in [3.8, 4) is 0 Å². The summed E-state index contributed by atoms with van der Waals surface area (Å²) in [5.74, 6) is -1.64. The van der Waals surface area contributed by atoms with E-state index in [4.69, 9.17) is 0 Å². The van der Waals surface area contributed by atoms with Crippen LogP contribution in [0.4, 0.5) is 13.2 Å². The zero-order chi connectivity index (χ0) is 15.1.